The van der Waals surface area contributed by atoms with Crippen molar-refractivity contribution in [3.63, 3.8) is 0 Å². The number of hydrogen-bond acceptors (Lipinski definition) is 4. The summed E-state index contributed by atoms with van der Waals surface area (Å²) in [5, 5.41) is 6.14. The number of aryl methyl sites for hydroxylation is 1. The number of rotatable bonds is 7. The van der Waals surface area contributed by atoms with Crippen molar-refractivity contribution in [2.24, 2.45) is 0 Å². The quantitative estimate of drug-likeness (QED) is 0.850. The van der Waals surface area contributed by atoms with Crippen LogP contribution in [0.15, 0.2) is 27.9 Å². The van der Waals surface area contributed by atoms with Gasteiger partial charge in [-0.15, -0.1) is 11.3 Å². The van der Waals surface area contributed by atoms with Gasteiger partial charge in [-0.3, -0.25) is 4.68 Å². The van der Waals surface area contributed by atoms with Gasteiger partial charge in [-0.1, -0.05) is 13.8 Å². The second-order valence-corrected chi connectivity index (χ2v) is 7.88. The van der Waals surface area contributed by atoms with Crippen LogP contribution in [-0.2, 0) is 16.6 Å². The molecule has 0 saturated carbocycles. The van der Waals surface area contributed by atoms with Gasteiger partial charge in [0.2, 0.25) is 10.0 Å². The predicted octanol–water partition coefficient (Wildman–Crippen LogP) is 3.10. The Morgan fingerprint density at radius 2 is 2.19 bits per heavy atom. The van der Waals surface area contributed by atoms with E-state index in [-0.39, 0.29) is 6.04 Å². The molecule has 0 saturated heterocycles. The monoisotopic (exact) mass is 327 g/mol. The molecule has 2 aromatic heterocycles. The van der Waals surface area contributed by atoms with Crippen molar-refractivity contribution in [1.29, 1.82) is 0 Å². The van der Waals surface area contributed by atoms with Crippen molar-refractivity contribution in [1.82, 2.24) is 14.5 Å². The lowest BCUT2D eigenvalue weighted by molar-refractivity contribution is 0.558. The zero-order valence-electron chi connectivity index (χ0n) is 12.5. The first-order valence-corrected chi connectivity index (χ1v) is 9.47. The van der Waals surface area contributed by atoms with E-state index in [1.807, 2.05) is 30.0 Å². The van der Waals surface area contributed by atoms with E-state index < -0.39 is 10.0 Å². The van der Waals surface area contributed by atoms with E-state index in [2.05, 4.69) is 16.7 Å². The zero-order chi connectivity index (χ0) is 15.5. The SMILES string of the molecule is CCCn1nccc1-c1csc(S(=O)(=O)N[C@H](C)CC)c1. The van der Waals surface area contributed by atoms with Crippen LogP contribution in [0.1, 0.15) is 33.6 Å². The van der Waals surface area contributed by atoms with Crippen LogP contribution in [0.5, 0.6) is 0 Å². The lowest BCUT2D eigenvalue weighted by Gasteiger charge is -2.10. The lowest BCUT2D eigenvalue weighted by atomic mass is 10.2. The van der Waals surface area contributed by atoms with Crippen molar-refractivity contribution in [2.45, 2.75) is 50.4 Å². The summed E-state index contributed by atoms with van der Waals surface area (Å²) in [5.41, 5.74) is 1.86. The highest BCUT2D eigenvalue weighted by atomic mass is 32.2. The molecule has 21 heavy (non-hydrogen) atoms. The minimum atomic E-state index is -3.43. The standard InChI is InChI=1S/C14H21N3O2S2/c1-4-8-17-13(6-7-15-17)12-9-14(20-10-12)21(18,19)16-11(3)5-2/h6-7,9-11,16H,4-5,8H2,1-3H3/t11-/m1/s1. The second kappa shape index (κ2) is 6.72. The van der Waals surface area contributed by atoms with Gasteiger partial charge in [0.1, 0.15) is 4.21 Å². The molecule has 0 amide bonds. The lowest BCUT2D eigenvalue weighted by Crippen LogP contribution is -2.31. The maximum atomic E-state index is 12.3. The molecule has 0 aromatic carbocycles. The van der Waals surface area contributed by atoms with Gasteiger partial charge in [0.15, 0.2) is 0 Å². The van der Waals surface area contributed by atoms with E-state index in [9.17, 15) is 8.42 Å². The Kier molecular flexibility index (Phi) is 5.18. The summed E-state index contributed by atoms with van der Waals surface area (Å²) in [7, 11) is -3.43. The summed E-state index contributed by atoms with van der Waals surface area (Å²) in [4.78, 5) is 0. The van der Waals surface area contributed by atoms with E-state index in [0.717, 1.165) is 30.6 Å². The van der Waals surface area contributed by atoms with E-state index >= 15 is 0 Å². The third-order valence-electron chi connectivity index (χ3n) is 3.26. The van der Waals surface area contributed by atoms with Gasteiger partial charge < -0.3 is 0 Å². The normalized spacial score (nSPS) is 13.5. The molecular weight excluding hydrogens is 306 g/mol. The van der Waals surface area contributed by atoms with Crippen LogP contribution >= 0.6 is 11.3 Å². The van der Waals surface area contributed by atoms with Crippen molar-refractivity contribution in [3.05, 3.63) is 23.7 Å². The summed E-state index contributed by atoms with van der Waals surface area (Å²) in [5.74, 6) is 0. The smallest absolute Gasteiger partial charge is 0.250 e. The average molecular weight is 327 g/mol. The Hall–Kier alpha value is -1.18. The molecule has 0 fully saturated rings. The highest BCUT2D eigenvalue weighted by molar-refractivity contribution is 7.91. The number of hydrogen-bond donors (Lipinski definition) is 1. The second-order valence-electron chi connectivity index (χ2n) is 5.02. The number of nitrogens with zero attached hydrogens (tertiary/aromatic N) is 2. The third-order valence-corrected chi connectivity index (χ3v) is 6.29. The summed E-state index contributed by atoms with van der Waals surface area (Å²) >= 11 is 1.24. The highest BCUT2D eigenvalue weighted by Gasteiger charge is 2.20. The van der Waals surface area contributed by atoms with Gasteiger partial charge in [-0.2, -0.15) is 5.10 Å². The Morgan fingerprint density at radius 1 is 1.43 bits per heavy atom. The molecule has 0 aliphatic carbocycles. The molecule has 0 bridgehead atoms. The fourth-order valence-electron chi connectivity index (χ4n) is 1.97. The molecule has 7 heteroatoms. The van der Waals surface area contributed by atoms with Crippen LogP contribution in [0.25, 0.3) is 11.3 Å². The summed E-state index contributed by atoms with van der Waals surface area (Å²) in [6.45, 7) is 6.73. The van der Waals surface area contributed by atoms with Crippen molar-refractivity contribution in [3.8, 4) is 11.3 Å². The number of nitrogens with one attached hydrogen (secondary N) is 1. The fourth-order valence-corrected chi connectivity index (χ4v) is 4.48. The molecule has 1 atom stereocenters. The maximum Gasteiger partial charge on any atom is 0.250 e. The Labute approximate surface area is 130 Å². The Bertz CT molecular complexity index is 689. The van der Waals surface area contributed by atoms with Crippen LogP contribution in [-0.4, -0.2) is 24.2 Å². The fraction of sp³-hybridized carbons (Fsp3) is 0.500. The minimum absolute atomic E-state index is 0.0637. The summed E-state index contributed by atoms with van der Waals surface area (Å²) in [6, 6.07) is 3.57. The Balaban J connectivity index is 2.27. The van der Waals surface area contributed by atoms with E-state index in [4.69, 9.17) is 0 Å². The van der Waals surface area contributed by atoms with E-state index in [0.29, 0.717) is 4.21 Å². The average Bonchev–Trinajstić information content (AvgIpc) is 3.06. The molecule has 0 aliphatic rings. The molecule has 116 valence electrons. The van der Waals surface area contributed by atoms with Gasteiger partial charge >= 0.3 is 0 Å². The van der Waals surface area contributed by atoms with E-state index in [1.165, 1.54) is 11.3 Å². The van der Waals surface area contributed by atoms with Gasteiger partial charge in [0.05, 0.1) is 5.69 Å². The van der Waals surface area contributed by atoms with Gasteiger partial charge in [0.25, 0.3) is 0 Å². The molecule has 0 radical (unpaired) electrons. The largest absolute Gasteiger partial charge is 0.265 e. The van der Waals surface area contributed by atoms with Gasteiger partial charge in [-0.05, 0) is 31.9 Å². The number of aromatic nitrogens is 2. The summed E-state index contributed by atoms with van der Waals surface area (Å²) in [6.07, 6.45) is 3.49. The van der Waals surface area contributed by atoms with Crippen LogP contribution in [0.2, 0.25) is 0 Å². The van der Waals surface area contributed by atoms with Crippen molar-refractivity contribution in [2.75, 3.05) is 0 Å². The molecule has 0 spiro atoms. The first-order valence-electron chi connectivity index (χ1n) is 7.11. The topological polar surface area (TPSA) is 64.0 Å². The summed E-state index contributed by atoms with van der Waals surface area (Å²) < 4.78 is 29.5. The molecule has 2 heterocycles. The number of thiophene rings is 1. The van der Waals surface area contributed by atoms with E-state index in [1.54, 1.807) is 12.3 Å². The van der Waals surface area contributed by atoms with Crippen LogP contribution in [0.4, 0.5) is 0 Å². The molecule has 0 aliphatic heterocycles. The predicted molar refractivity (Wildman–Crippen MR) is 85.9 cm³/mol. The molecule has 0 unspecified atom stereocenters. The molecule has 2 rings (SSSR count). The number of sulfonamides is 1. The maximum absolute atomic E-state index is 12.3. The molecular formula is C14H21N3O2S2. The first kappa shape index (κ1) is 16.2. The zero-order valence-corrected chi connectivity index (χ0v) is 14.2. The van der Waals surface area contributed by atoms with Crippen LogP contribution in [0, 0.1) is 0 Å². The molecule has 2 aromatic rings. The van der Waals surface area contributed by atoms with Crippen LogP contribution in [0.3, 0.4) is 0 Å². The first-order chi connectivity index (χ1) is 9.97. The highest BCUT2D eigenvalue weighted by Crippen LogP contribution is 2.28. The Morgan fingerprint density at radius 3 is 2.86 bits per heavy atom. The van der Waals surface area contributed by atoms with Crippen LogP contribution < -0.4 is 4.72 Å². The van der Waals surface area contributed by atoms with Crippen molar-refractivity contribution < 1.29 is 8.42 Å². The minimum Gasteiger partial charge on any atom is -0.265 e. The van der Waals surface area contributed by atoms with Gasteiger partial charge in [-0.25, -0.2) is 13.1 Å². The molecule has 5 nitrogen and oxygen atoms in total. The third kappa shape index (κ3) is 3.72. The molecule has 1 N–H and O–H groups in total. The van der Waals surface area contributed by atoms with Gasteiger partial charge in [0, 0.05) is 29.7 Å². The van der Waals surface area contributed by atoms with Crippen molar-refractivity contribution >= 4 is 21.4 Å².